The number of carbonyl (C=O) groups is 2. The third-order valence-corrected chi connectivity index (χ3v) is 8.67. The van der Waals surface area contributed by atoms with Crippen LogP contribution in [-0.2, 0) is 20.7 Å². The zero-order chi connectivity index (χ0) is 27.9. The number of halogens is 1. The second-order valence-electron chi connectivity index (χ2n) is 12.4. The summed E-state index contributed by atoms with van der Waals surface area (Å²) in [5.74, 6) is -0.723. The molecule has 9 nitrogen and oxygen atoms in total. The molecule has 212 valence electrons. The molecule has 3 heterocycles. The number of hydrogen-bond acceptors (Lipinski definition) is 7. The van der Waals surface area contributed by atoms with Gasteiger partial charge in [-0.3, -0.25) is 14.6 Å². The molecule has 10 heteroatoms. The molecule has 3 aliphatic heterocycles. The highest BCUT2D eigenvalue weighted by molar-refractivity contribution is 5.87. The van der Waals surface area contributed by atoms with E-state index in [4.69, 9.17) is 9.47 Å². The van der Waals surface area contributed by atoms with Crippen LogP contribution >= 0.6 is 0 Å². The molecule has 0 unspecified atom stereocenters. The smallest absolute Gasteiger partial charge is 0.411 e. The average molecular weight is 542 g/mol. The van der Waals surface area contributed by atoms with E-state index in [2.05, 4.69) is 21.2 Å². The molecule has 0 spiro atoms. The van der Waals surface area contributed by atoms with Crippen LogP contribution in [0.4, 0.5) is 14.9 Å². The summed E-state index contributed by atoms with van der Waals surface area (Å²) < 4.78 is 26.3. The van der Waals surface area contributed by atoms with E-state index in [1.165, 1.54) is 6.07 Å². The van der Waals surface area contributed by atoms with Crippen molar-refractivity contribution in [3.05, 3.63) is 29.6 Å². The van der Waals surface area contributed by atoms with Crippen LogP contribution in [0.15, 0.2) is 18.2 Å². The Labute approximate surface area is 230 Å². The third kappa shape index (κ3) is 5.85. The Kier molecular flexibility index (Phi) is 7.75. The van der Waals surface area contributed by atoms with Gasteiger partial charge in [0.2, 0.25) is 5.91 Å². The molecule has 4 fully saturated rings. The van der Waals surface area contributed by atoms with Gasteiger partial charge in [-0.1, -0.05) is 6.07 Å². The highest BCUT2D eigenvalue weighted by atomic mass is 19.1. The van der Waals surface area contributed by atoms with E-state index in [0.717, 1.165) is 57.5 Å². The Morgan fingerprint density at radius 3 is 2.67 bits per heavy atom. The van der Waals surface area contributed by atoms with E-state index in [1.54, 1.807) is 38.8 Å². The number of methoxy groups -OCH3 is 1. The molecular formula is C29H40FN5O4. The zero-order valence-corrected chi connectivity index (χ0v) is 23.4. The summed E-state index contributed by atoms with van der Waals surface area (Å²) in [5.41, 5.74) is 0.529. The van der Waals surface area contributed by atoms with Crippen molar-refractivity contribution in [2.75, 3.05) is 38.2 Å². The molecule has 6 atom stereocenters. The van der Waals surface area contributed by atoms with Crippen molar-refractivity contribution in [1.29, 1.82) is 5.26 Å². The quantitative estimate of drug-likeness (QED) is 0.591. The van der Waals surface area contributed by atoms with Crippen LogP contribution in [0.2, 0.25) is 0 Å². The van der Waals surface area contributed by atoms with Crippen molar-refractivity contribution in [2.24, 2.45) is 5.92 Å². The fourth-order valence-electron chi connectivity index (χ4n) is 6.81. The molecule has 2 amide bonds. The van der Waals surface area contributed by atoms with E-state index in [9.17, 15) is 14.9 Å². The van der Waals surface area contributed by atoms with Gasteiger partial charge in [0.25, 0.3) is 0 Å². The number of benzene rings is 1. The lowest BCUT2D eigenvalue weighted by atomic mass is 9.97. The topological polar surface area (TPSA) is 98.1 Å². The number of nitriles is 1. The van der Waals surface area contributed by atoms with Crippen LogP contribution in [0.25, 0.3) is 0 Å². The third-order valence-electron chi connectivity index (χ3n) is 8.67. The Hall–Kier alpha value is -2.90. The monoisotopic (exact) mass is 541 g/mol. The predicted octanol–water partition coefficient (Wildman–Crippen LogP) is 3.07. The molecule has 1 aromatic rings. The second kappa shape index (κ2) is 10.9. The van der Waals surface area contributed by atoms with Gasteiger partial charge in [0.15, 0.2) is 0 Å². The summed E-state index contributed by atoms with van der Waals surface area (Å²) in [5, 5.41) is 12.6. The Morgan fingerprint density at radius 1 is 1.18 bits per heavy atom. The van der Waals surface area contributed by atoms with Gasteiger partial charge >= 0.3 is 6.09 Å². The average Bonchev–Trinajstić information content (AvgIpc) is 3.62. The standard InChI is InChI=1S/C29H40FN5O4/c1-29(2,3)39-28(37)35-22-8-6-19(12-22)26(35)27(36)32-20(15-31)11-18-5-7-21(14-25(18)30)33-9-10-34-17-24(38-4)13-23(34)16-33/h5,7,14,19-20,22-24,26H,6,8-13,16-17H2,1-4H3,(H,32,36)/t19-,20-,22+,23+,24+,26-/m0/s1. The van der Waals surface area contributed by atoms with E-state index in [1.807, 2.05) is 6.07 Å². The first-order valence-corrected chi connectivity index (χ1v) is 14.1. The number of nitrogens with zero attached hydrogens (tertiary/aromatic N) is 4. The van der Waals surface area contributed by atoms with E-state index in [-0.39, 0.29) is 36.2 Å². The summed E-state index contributed by atoms with van der Waals surface area (Å²) in [6.07, 6.45) is 3.24. The fourth-order valence-corrected chi connectivity index (χ4v) is 6.81. The van der Waals surface area contributed by atoms with E-state index in [0.29, 0.717) is 11.6 Å². The van der Waals surface area contributed by atoms with Gasteiger partial charge in [0.05, 0.1) is 12.2 Å². The summed E-state index contributed by atoms with van der Waals surface area (Å²) in [7, 11) is 1.75. The van der Waals surface area contributed by atoms with Gasteiger partial charge in [-0.25, -0.2) is 9.18 Å². The number of anilines is 1. The molecule has 1 aromatic carbocycles. The molecule has 1 N–H and O–H groups in total. The second-order valence-corrected chi connectivity index (χ2v) is 12.4. The summed E-state index contributed by atoms with van der Waals surface area (Å²) >= 11 is 0. The molecule has 3 saturated heterocycles. The molecule has 5 rings (SSSR count). The fraction of sp³-hybridized carbons (Fsp3) is 0.690. The lowest BCUT2D eigenvalue weighted by Gasteiger charge is -2.38. The molecule has 2 bridgehead atoms. The van der Waals surface area contributed by atoms with Crippen molar-refractivity contribution in [1.82, 2.24) is 15.1 Å². The Bertz CT molecular complexity index is 1130. The summed E-state index contributed by atoms with van der Waals surface area (Å²) in [4.78, 5) is 32.4. The minimum atomic E-state index is -0.912. The number of amides is 2. The number of rotatable bonds is 6. The summed E-state index contributed by atoms with van der Waals surface area (Å²) in [6, 6.07) is 6.04. The zero-order valence-electron chi connectivity index (χ0n) is 23.4. The van der Waals surface area contributed by atoms with Crippen molar-refractivity contribution < 1.29 is 23.5 Å². The van der Waals surface area contributed by atoms with Crippen molar-refractivity contribution in [2.45, 2.75) is 88.7 Å². The van der Waals surface area contributed by atoms with Gasteiger partial charge in [0.1, 0.15) is 23.5 Å². The predicted molar refractivity (Wildman–Crippen MR) is 144 cm³/mol. The lowest BCUT2D eigenvalue weighted by molar-refractivity contribution is -0.128. The number of piperidine rings is 1. The van der Waals surface area contributed by atoms with Crippen LogP contribution in [0.3, 0.4) is 0 Å². The normalized spacial score (nSPS) is 29.2. The Morgan fingerprint density at radius 2 is 1.97 bits per heavy atom. The van der Waals surface area contributed by atoms with Crippen LogP contribution < -0.4 is 10.2 Å². The van der Waals surface area contributed by atoms with Gasteiger partial charge < -0.3 is 19.7 Å². The molecule has 1 saturated carbocycles. The number of ether oxygens (including phenoxy) is 2. The number of hydrogen-bond donors (Lipinski definition) is 1. The highest BCUT2D eigenvalue weighted by Gasteiger charge is 2.52. The van der Waals surface area contributed by atoms with Gasteiger partial charge in [-0.05, 0) is 70.1 Å². The summed E-state index contributed by atoms with van der Waals surface area (Å²) in [6.45, 7) is 8.90. The molecular weight excluding hydrogens is 501 g/mol. The minimum Gasteiger partial charge on any atom is -0.444 e. The van der Waals surface area contributed by atoms with Crippen LogP contribution in [0.1, 0.15) is 52.0 Å². The molecule has 1 aliphatic carbocycles. The first-order valence-electron chi connectivity index (χ1n) is 14.1. The SMILES string of the molecule is CO[C@@H]1C[C@@H]2CN(c3ccc(C[C@@H](C#N)NC(=O)[C@@H]4[C@H]5CC[C@H](C5)N4C(=O)OC(C)(C)C)c(F)c3)CCN2C1. The number of nitrogens with one attached hydrogen (secondary N) is 1. The van der Waals surface area contributed by atoms with Gasteiger partial charge in [0, 0.05) is 57.5 Å². The molecule has 39 heavy (non-hydrogen) atoms. The number of likely N-dealkylation sites (tertiary alicyclic amines) is 1. The van der Waals surface area contributed by atoms with Crippen molar-refractivity contribution >= 4 is 17.7 Å². The Balaban J connectivity index is 1.22. The largest absolute Gasteiger partial charge is 0.444 e. The lowest BCUT2D eigenvalue weighted by Crippen LogP contribution is -2.55. The maximum atomic E-state index is 15.2. The molecule has 4 aliphatic rings. The van der Waals surface area contributed by atoms with Crippen LogP contribution in [0, 0.1) is 23.1 Å². The van der Waals surface area contributed by atoms with E-state index < -0.39 is 23.8 Å². The maximum Gasteiger partial charge on any atom is 0.411 e. The van der Waals surface area contributed by atoms with Crippen molar-refractivity contribution in [3.63, 3.8) is 0 Å². The first-order chi connectivity index (χ1) is 18.6. The number of carbonyl (C=O) groups excluding carboxylic acids is 2. The highest BCUT2D eigenvalue weighted by Crippen LogP contribution is 2.43. The number of piperazine rings is 1. The van der Waals surface area contributed by atoms with Crippen molar-refractivity contribution in [3.8, 4) is 6.07 Å². The minimum absolute atomic E-state index is 0.0300. The van der Waals surface area contributed by atoms with Gasteiger partial charge in [-0.2, -0.15) is 5.26 Å². The molecule has 0 radical (unpaired) electrons. The van der Waals surface area contributed by atoms with E-state index >= 15 is 4.39 Å². The maximum absolute atomic E-state index is 15.2. The number of fused-ring (bicyclic) bond motifs is 3. The van der Waals surface area contributed by atoms with Crippen LogP contribution in [0.5, 0.6) is 0 Å². The van der Waals surface area contributed by atoms with Gasteiger partial charge in [-0.15, -0.1) is 0 Å². The van der Waals surface area contributed by atoms with Crippen LogP contribution in [-0.4, -0.2) is 91.0 Å². The first kappa shape index (κ1) is 27.7. The molecule has 0 aromatic heterocycles.